The van der Waals surface area contributed by atoms with E-state index in [1.165, 1.54) is 0 Å². The number of nitriles is 1. The number of carbonyl (C=O) groups is 2. The third-order valence-corrected chi connectivity index (χ3v) is 7.08. The number of fused-ring (bicyclic) bond motifs is 1. The standard InChI is InChI=1S/C21H18N2O5S/c1-13-17(9-14-8-15-4-2-3-5-19(15)28-11-14)20(24)23(21(25)18(13)10-22)16-6-7-29(26,27)12-16/h2-5,8-9,16H,6-7,11-12H2,1H3/b17-9-. The number of carbonyl (C=O) groups excluding carboxylic acids is 2. The van der Waals surface area contributed by atoms with E-state index in [1.807, 2.05) is 36.4 Å². The zero-order valence-electron chi connectivity index (χ0n) is 15.7. The molecular formula is C21H18N2O5S. The Labute approximate surface area is 168 Å². The molecule has 0 bridgehead atoms. The molecule has 0 N–H and O–H groups in total. The predicted octanol–water partition coefficient (Wildman–Crippen LogP) is 1.78. The fourth-order valence-corrected chi connectivity index (χ4v) is 5.51. The van der Waals surface area contributed by atoms with Gasteiger partial charge in [0, 0.05) is 11.1 Å². The molecule has 1 saturated heterocycles. The number of amides is 2. The van der Waals surface area contributed by atoms with Gasteiger partial charge in [-0.25, -0.2) is 8.42 Å². The summed E-state index contributed by atoms with van der Waals surface area (Å²) >= 11 is 0. The second-order valence-corrected chi connectivity index (χ2v) is 9.48. The third kappa shape index (κ3) is 3.38. The van der Waals surface area contributed by atoms with E-state index in [-0.39, 0.29) is 35.7 Å². The van der Waals surface area contributed by atoms with Crippen LogP contribution in [0.3, 0.4) is 0 Å². The molecule has 1 aromatic rings. The Morgan fingerprint density at radius 1 is 1.24 bits per heavy atom. The molecule has 2 amide bonds. The molecule has 8 heteroatoms. The van der Waals surface area contributed by atoms with Crippen LogP contribution < -0.4 is 4.74 Å². The van der Waals surface area contributed by atoms with Crippen LogP contribution in [-0.4, -0.2) is 49.3 Å². The van der Waals surface area contributed by atoms with Gasteiger partial charge in [-0.15, -0.1) is 0 Å². The van der Waals surface area contributed by atoms with Gasteiger partial charge in [-0.1, -0.05) is 18.2 Å². The predicted molar refractivity (Wildman–Crippen MR) is 105 cm³/mol. The van der Waals surface area contributed by atoms with E-state index in [0.717, 1.165) is 21.8 Å². The summed E-state index contributed by atoms with van der Waals surface area (Å²) in [5, 5.41) is 9.48. The van der Waals surface area contributed by atoms with Gasteiger partial charge < -0.3 is 4.74 Å². The van der Waals surface area contributed by atoms with E-state index < -0.39 is 27.7 Å². The van der Waals surface area contributed by atoms with Crippen molar-refractivity contribution in [3.63, 3.8) is 0 Å². The van der Waals surface area contributed by atoms with Crippen molar-refractivity contribution in [2.75, 3.05) is 18.1 Å². The third-order valence-electron chi connectivity index (χ3n) is 5.33. The van der Waals surface area contributed by atoms with Crippen LogP contribution in [0.5, 0.6) is 5.75 Å². The van der Waals surface area contributed by atoms with Crippen molar-refractivity contribution < 1.29 is 22.7 Å². The van der Waals surface area contributed by atoms with Crippen LogP contribution in [-0.2, 0) is 19.4 Å². The van der Waals surface area contributed by atoms with Crippen molar-refractivity contribution in [3.05, 3.63) is 58.2 Å². The number of imide groups is 1. The van der Waals surface area contributed by atoms with E-state index in [9.17, 15) is 23.3 Å². The first-order valence-electron chi connectivity index (χ1n) is 9.14. The van der Waals surface area contributed by atoms with E-state index in [1.54, 1.807) is 13.0 Å². The van der Waals surface area contributed by atoms with Crippen molar-refractivity contribution in [3.8, 4) is 11.8 Å². The van der Waals surface area contributed by atoms with Gasteiger partial charge >= 0.3 is 0 Å². The average molecular weight is 410 g/mol. The fourth-order valence-electron chi connectivity index (χ4n) is 3.81. The van der Waals surface area contributed by atoms with Crippen molar-refractivity contribution in [2.45, 2.75) is 19.4 Å². The molecule has 3 aliphatic rings. The molecule has 7 nitrogen and oxygen atoms in total. The Hall–Kier alpha value is -3.18. The van der Waals surface area contributed by atoms with Gasteiger partial charge in [-0.2, -0.15) is 5.26 Å². The van der Waals surface area contributed by atoms with Crippen LogP contribution in [0, 0.1) is 11.3 Å². The Bertz CT molecular complexity index is 1170. The number of sulfone groups is 1. The molecule has 4 rings (SSSR count). The minimum Gasteiger partial charge on any atom is -0.488 e. The Morgan fingerprint density at radius 3 is 2.69 bits per heavy atom. The smallest absolute Gasteiger partial charge is 0.271 e. The van der Waals surface area contributed by atoms with Crippen molar-refractivity contribution in [2.24, 2.45) is 0 Å². The zero-order valence-corrected chi connectivity index (χ0v) is 16.5. The molecule has 0 aromatic heterocycles. The lowest BCUT2D eigenvalue weighted by atomic mass is 9.92. The highest BCUT2D eigenvalue weighted by Crippen LogP contribution is 2.32. The van der Waals surface area contributed by atoms with Gasteiger partial charge in [0.15, 0.2) is 9.84 Å². The molecule has 29 heavy (non-hydrogen) atoms. The molecule has 1 unspecified atom stereocenters. The summed E-state index contributed by atoms with van der Waals surface area (Å²) in [5.74, 6) is -0.910. The minimum absolute atomic E-state index is 0.0753. The first kappa shape index (κ1) is 19.2. The highest BCUT2D eigenvalue weighted by Gasteiger charge is 2.43. The summed E-state index contributed by atoms with van der Waals surface area (Å²) in [5.41, 5.74) is 1.94. The van der Waals surface area contributed by atoms with Gasteiger partial charge in [0.05, 0.1) is 17.5 Å². The molecule has 3 aliphatic heterocycles. The van der Waals surface area contributed by atoms with Crippen LogP contribution in [0.4, 0.5) is 0 Å². The van der Waals surface area contributed by atoms with Crippen LogP contribution in [0.2, 0.25) is 0 Å². The Morgan fingerprint density at radius 2 is 2.00 bits per heavy atom. The number of ether oxygens (including phenoxy) is 1. The lowest BCUT2D eigenvalue weighted by molar-refractivity contribution is -0.142. The maximum Gasteiger partial charge on any atom is 0.271 e. The van der Waals surface area contributed by atoms with Crippen molar-refractivity contribution in [1.29, 1.82) is 5.26 Å². The first-order valence-corrected chi connectivity index (χ1v) is 11.0. The number of nitrogens with zero attached hydrogens (tertiary/aromatic N) is 2. The summed E-state index contributed by atoms with van der Waals surface area (Å²) in [6.07, 6.45) is 3.69. The maximum atomic E-state index is 13.2. The van der Waals surface area contributed by atoms with Gasteiger partial charge in [-0.05, 0) is 42.7 Å². The normalized spacial score (nSPS) is 24.8. The summed E-state index contributed by atoms with van der Waals surface area (Å²) < 4.78 is 29.4. The molecule has 1 aromatic carbocycles. The summed E-state index contributed by atoms with van der Waals surface area (Å²) in [4.78, 5) is 26.8. The molecule has 1 fully saturated rings. The topological polar surface area (TPSA) is 105 Å². The number of benzene rings is 1. The average Bonchev–Trinajstić information content (AvgIpc) is 3.05. The molecule has 0 spiro atoms. The van der Waals surface area contributed by atoms with E-state index in [2.05, 4.69) is 0 Å². The molecule has 0 saturated carbocycles. The first-order chi connectivity index (χ1) is 13.8. The van der Waals surface area contributed by atoms with Gasteiger partial charge in [0.25, 0.3) is 11.8 Å². The van der Waals surface area contributed by atoms with Gasteiger partial charge in [0.2, 0.25) is 0 Å². The number of hydrogen-bond acceptors (Lipinski definition) is 6. The number of para-hydroxylation sites is 1. The summed E-state index contributed by atoms with van der Waals surface area (Å²) in [6, 6.07) is 8.60. The Balaban J connectivity index is 1.77. The van der Waals surface area contributed by atoms with Crippen LogP contribution >= 0.6 is 0 Å². The summed E-state index contributed by atoms with van der Waals surface area (Å²) in [6.45, 7) is 1.80. The molecule has 0 aliphatic carbocycles. The van der Waals surface area contributed by atoms with Gasteiger partial charge in [0.1, 0.15) is 24.0 Å². The SMILES string of the molecule is CC1=C(C#N)C(=O)N(C2CCS(=O)(=O)C2)C(=O)/C1=C\C1=Cc2ccccc2OC1. The molecular weight excluding hydrogens is 392 g/mol. The van der Waals surface area contributed by atoms with E-state index in [0.29, 0.717) is 5.57 Å². The molecule has 148 valence electrons. The highest BCUT2D eigenvalue weighted by molar-refractivity contribution is 7.91. The zero-order chi connectivity index (χ0) is 20.8. The maximum absolute atomic E-state index is 13.2. The van der Waals surface area contributed by atoms with Crippen LogP contribution in [0.1, 0.15) is 18.9 Å². The van der Waals surface area contributed by atoms with Crippen LogP contribution in [0.15, 0.2) is 52.6 Å². The van der Waals surface area contributed by atoms with Crippen LogP contribution in [0.25, 0.3) is 6.08 Å². The number of rotatable bonds is 2. The second kappa shape index (κ2) is 7.01. The lowest BCUT2D eigenvalue weighted by Crippen LogP contribution is -2.49. The van der Waals surface area contributed by atoms with E-state index >= 15 is 0 Å². The highest BCUT2D eigenvalue weighted by atomic mass is 32.2. The molecule has 3 heterocycles. The quantitative estimate of drug-likeness (QED) is 0.544. The summed E-state index contributed by atoms with van der Waals surface area (Å²) in [7, 11) is -3.30. The van der Waals surface area contributed by atoms with Crippen molar-refractivity contribution in [1.82, 2.24) is 4.90 Å². The lowest BCUT2D eigenvalue weighted by Gasteiger charge is -2.31. The Kier molecular flexibility index (Phi) is 4.63. The minimum atomic E-state index is -3.30. The van der Waals surface area contributed by atoms with E-state index in [4.69, 9.17) is 4.74 Å². The molecule has 1 atom stereocenters. The monoisotopic (exact) mass is 410 g/mol. The second-order valence-electron chi connectivity index (χ2n) is 7.25. The largest absolute Gasteiger partial charge is 0.488 e. The van der Waals surface area contributed by atoms with Gasteiger partial charge in [-0.3, -0.25) is 14.5 Å². The fraction of sp³-hybridized carbons (Fsp3) is 0.286. The molecule has 0 radical (unpaired) electrons. The number of hydrogen-bond donors (Lipinski definition) is 0. The van der Waals surface area contributed by atoms with Crippen molar-refractivity contribution >= 4 is 27.7 Å².